The number of aromatic nitrogens is 2. The lowest BCUT2D eigenvalue weighted by atomic mass is 10.1. The van der Waals surface area contributed by atoms with Crippen LogP contribution in [0, 0.1) is 0 Å². The Morgan fingerprint density at radius 2 is 2.67 bits per heavy atom. The zero-order valence-corrected chi connectivity index (χ0v) is 7.97. The fourth-order valence-electron chi connectivity index (χ4n) is 1.05. The van der Waals surface area contributed by atoms with E-state index in [-0.39, 0.29) is 6.04 Å². The number of rotatable bonds is 5. The van der Waals surface area contributed by atoms with E-state index in [1.807, 2.05) is 11.5 Å². The lowest BCUT2D eigenvalue weighted by molar-refractivity contribution is 0.544. The Kier molecular flexibility index (Phi) is 3.90. The summed E-state index contributed by atoms with van der Waals surface area (Å²) in [6, 6.07) is 0.284. The second-order valence-electron chi connectivity index (χ2n) is 2.46. The molecule has 1 heterocycles. The van der Waals surface area contributed by atoms with Crippen molar-refractivity contribution in [3.63, 3.8) is 0 Å². The maximum atomic E-state index is 4.01. The molecular weight excluding hydrogens is 170 g/mol. The molecule has 1 N–H and O–H groups in total. The molecule has 0 amide bonds. The minimum Gasteiger partial charge on any atom is -0.309 e. The Hall–Kier alpha value is -0.740. The molecular formula is C8H13N3S. The summed E-state index contributed by atoms with van der Waals surface area (Å²) in [4.78, 5) is 0. The molecule has 0 radical (unpaired) electrons. The molecule has 1 unspecified atom stereocenters. The van der Waals surface area contributed by atoms with Crippen LogP contribution in [0.1, 0.15) is 25.1 Å². The second-order valence-corrected chi connectivity index (χ2v) is 3.07. The first-order valence-electron chi connectivity index (χ1n) is 3.99. The molecule has 0 fully saturated rings. The molecule has 4 heteroatoms. The standard InChI is InChI=1S/C8H13N3S/c1-3-5-7(9-4-2)8-6-12-11-10-8/h3,6-7,9H,1,4-5H2,2H3. The average molecular weight is 183 g/mol. The van der Waals surface area contributed by atoms with Gasteiger partial charge in [-0.25, -0.2) is 0 Å². The molecule has 0 aliphatic carbocycles. The summed E-state index contributed by atoms with van der Waals surface area (Å²) in [5.41, 5.74) is 1.02. The summed E-state index contributed by atoms with van der Waals surface area (Å²) in [5, 5.41) is 9.30. The third-order valence-electron chi connectivity index (χ3n) is 1.59. The molecule has 1 aromatic heterocycles. The van der Waals surface area contributed by atoms with Crippen LogP contribution in [0.4, 0.5) is 0 Å². The predicted octanol–water partition coefficient (Wildman–Crippen LogP) is 1.76. The van der Waals surface area contributed by atoms with E-state index in [4.69, 9.17) is 0 Å². The third-order valence-corrected chi connectivity index (χ3v) is 2.11. The van der Waals surface area contributed by atoms with Gasteiger partial charge >= 0.3 is 0 Å². The Labute approximate surface area is 76.7 Å². The van der Waals surface area contributed by atoms with Crippen LogP contribution < -0.4 is 5.32 Å². The van der Waals surface area contributed by atoms with E-state index in [1.165, 1.54) is 11.5 Å². The highest BCUT2D eigenvalue weighted by atomic mass is 32.1. The minimum absolute atomic E-state index is 0.284. The quantitative estimate of drug-likeness (QED) is 0.707. The van der Waals surface area contributed by atoms with E-state index in [1.54, 1.807) is 0 Å². The van der Waals surface area contributed by atoms with Gasteiger partial charge in [0.05, 0.1) is 11.7 Å². The number of hydrogen-bond acceptors (Lipinski definition) is 4. The summed E-state index contributed by atoms with van der Waals surface area (Å²) in [5.74, 6) is 0. The largest absolute Gasteiger partial charge is 0.309 e. The monoisotopic (exact) mass is 183 g/mol. The van der Waals surface area contributed by atoms with Crippen molar-refractivity contribution in [2.24, 2.45) is 0 Å². The van der Waals surface area contributed by atoms with Crippen molar-refractivity contribution in [1.29, 1.82) is 0 Å². The van der Waals surface area contributed by atoms with Gasteiger partial charge in [-0.15, -0.1) is 11.7 Å². The van der Waals surface area contributed by atoms with Crippen molar-refractivity contribution >= 4 is 11.5 Å². The SMILES string of the molecule is C=CCC(NCC)c1csnn1. The Morgan fingerprint density at radius 1 is 1.83 bits per heavy atom. The maximum Gasteiger partial charge on any atom is 0.0927 e. The van der Waals surface area contributed by atoms with Crippen LogP contribution >= 0.6 is 11.5 Å². The van der Waals surface area contributed by atoms with E-state index >= 15 is 0 Å². The van der Waals surface area contributed by atoms with Crippen molar-refractivity contribution in [3.8, 4) is 0 Å². The van der Waals surface area contributed by atoms with Gasteiger partial charge in [-0.1, -0.05) is 17.5 Å². The first-order chi connectivity index (χ1) is 5.88. The fraction of sp³-hybridized carbons (Fsp3) is 0.500. The van der Waals surface area contributed by atoms with Crippen LogP contribution in [0.3, 0.4) is 0 Å². The fourth-order valence-corrected chi connectivity index (χ4v) is 1.55. The maximum absolute atomic E-state index is 4.01. The zero-order valence-electron chi connectivity index (χ0n) is 7.16. The van der Waals surface area contributed by atoms with Crippen molar-refractivity contribution in [1.82, 2.24) is 14.9 Å². The molecule has 0 saturated heterocycles. The van der Waals surface area contributed by atoms with Gasteiger partial charge in [0, 0.05) is 5.38 Å². The Balaban J connectivity index is 2.59. The number of hydrogen-bond donors (Lipinski definition) is 1. The highest BCUT2D eigenvalue weighted by Crippen LogP contribution is 2.14. The molecule has 0 aromatic carbocycles. The molecule has 12 heavy (non-hydrogen) atoms. The van der Waals surface area contributed by atoms with E-state index in [0.717, 1.165) is 18.7 Å². The molecule has 3 nitrogen and oxygen atoms in total. The van der Waals surface area contributed by atoms with Gasteiger partial charge in [0.1, 0.15) is 0 Å². The summed E-state index contributed by atoms with van der Waals surface area (Å²) in [6.07, 6.45) is 2.80. The first-order valence-corrected chi connectivity index (χ1v) is 4.83. The lowest BCUT2D eigenvalue weighted by Gasteiger charge is -2.11. The topological polar surface area (TPSA) is 37.8 Å². The summed E-state index contributed by atoms with van der Waals surface area (Å²) in [6.45, 7) is 6.73. The van der Waals surface area contributed by atoms with E-state index in [2.05, 4.69) is 28.4 Å². The van der Waals surface area contributed by atoms with Crippen molar-refractivity contribution in [2.75, 3.05) is 6.54 Å². The molecule has 0 bridgehead atoms. The van der Waals surface area contributed by atoms with Gasteiger partial charge in [-0.3, -0.25) is 0 Å². The smallest absolute Gasteiger partial charge is 0.0927 e. The van der Waals surface area contributed by atoms with Gasteiger partial charge in [0.2, 0.25) is 0 Å². The van der Waals surface area contributed by atoms with Crippen LogP contribution in [0.2, 0.25) is 0 Å². The normalized spacial score (nSPS) is 12.8. The van der Waals surface area contributed by atoms with Gasteiger partial charge in [0.15, 0.2) is 0 Å². The highest BCUT2D eigenvalue weighted by Gasteiger charge is 2.10. The first kappa shape index (κ1) is 9.35. The van der Waals surface area contributed by atoms with Crippen LogP contribution in [0.15, 0.2) is 18.0 Å². The summed E-state index contributed by atoms with van der Waals surface area (Å²) in [7, 11) is 0. The molecule has 0 spiro atoms. The van der Waals surface area contributed by atoms with Gasteiger partial charge in [-0.2, -0.15) is 0 Å². The molecule has 0 aliphatic heterocycles. The van der Waals surface area contributed by atoms with Crippen LogP contribution in [0.5, 0.6) is 0 Å². The van der Waals surface area contributed by atoms with Crippen molar-refractivity contribution in [2.45, 2.75) is 19.4 Å². The Morgan fingerprint density at radius 3 is 3.17 bits per heavy atom. The number of nitrogens with zero attached hydrogens (tertiary/aromatic N) is 2. The van der Waals surface area contributed by atoms with Crippen LogP contribution in [-0.2, 0) is 0 Å². The lowest BCUT2D eigenvalue weighted by Crippen LogP contribution is -2.20. The van der Waals surface area contributed by atoms with E-state index in [0.29, 0.717) is 0 Å². The number of nitrogens with one attached hydrogen (secondary N) is 1. The molecule has 1 rings (SSSR count). The average Bonchev–Trinajstić information content (AvgIpc) is 2.56. The summed E-state index contributed by atoms with van der Waals surface area (Å²) >= 11 is 1.38. The van der Waals surface area contributed by atoms with E-state index in [9.17, 15) is 0 Å². The minimum atomic E-state index is 0.284. The molecule has 1 aromatic rings. The predicted molar refractivity (Wildman–Crippen MR) is 51.1 cm³/mol. The second kappa shape index (κ2) is 5.00. The molecule has 66 valence electrons. The van der Waals surface area contributed by atoms with Gasteiger partial charge in [-0.05, 0) is 24.5 Å². The molecule has 0 saturated carbocycles. The summed E-state index contributed by atoms with van der Waals surface area (Å²) < 4.78 is 3.82. The van der Waals surface area contributed by atoms with Crippen molar-refractivity contribution < 1.29 is 0 Å². The molecule has 1 atom stereocenters. The highest BCUT2D eigenvalue weighted by molar-refractivity contribution is 7.03. The van der Waals surface area contributed by atoms with Crippen molar-refractivity contribution in [3.05, 3.63) is 23.7 Å². The van der Waals surface area contributed by atoms with Crippen LogP contribution in [0.25, 0.3) is 0 Å². The molecule has 0 aliphatic rings. The Bertz CT molecular complexity index is 220. The van der Waals surface area contributed by atoms with Crippen LogP contribution in [-0.4, -0.2) is 16.1 Å². The van der Waals surface area contributed by atoms with Gasteiger partial charge in [0.25, 0.3) is 0 Å². The van der Waals surface area contributed by atoms with E-state index < -0.39 is 0 Å². The zero-order chi connectivity index (χ0) is 8.81. The van der Waals surface area contributed by atoms with Gasteiger partial charge < -0.3 is 5.32 Å². The third kappa shape index (κ3) is 2.39.